The summed E-state index contributed by atoms with van der Waals surface area (Å²) in [7, 11) is 0. The van der Waals surface area contributed by atoms with Gasteiger partial charge in [-0.2, -0.15) is 0 Å². The number of carbonyl (C=O) groups excluding carboxylic acids is 1. The van der Waals surface area contributed by atoms with Crippen molar-refractivity contribution < 1.29 is 4.79 Å². The van der Waals surface area contributed by atoms with Crippen molar-refractivity contribution in [2.24, 2.45) is 0 Å². The fraction of sp³-hybridized carbons (Fsp3) is 0.353. The molecule has 0 bridgehead atoms. The summed E-state index contributed by atoms with van der Waals surface area (Å²) in [6, 6.07) is 11.6. The number of amides is 1. The summed E-state index contributed by atoms with van der Waals surface area (Å²) in [5.41, 5.74) is 2.16. The van der Waals surface area contributed by atoms with Gasteiger partial charge in [-0.05, 0) is 38.5 Å². The Morgan fingerprint density at radius 1 is 1.05 bits per heavy atom. The van der Waals surface area contributed by atoms with Gasteiger partial charge in [0, 0.05) is 13.1 Å². The SMILES string of the molecule is CCN(CC)c1ccc(NC(=O)Cc2ccc(C)cc2)nn1. The van der Waals surface area contributed by atoms with Gasteiger partial charge in [-0.1, -0.05) is 29.8 Å². The Balaban J connectivity index is 1.95. The lowest BCUT2D eigenvalue weighted by Gasteiger charge is -2.18. The van der Waals surface area contributed by atoms with E-state index in [1.165, 1.54) is 5.56 Å². The van der Waals surface area contributed by atoms with Crippen molar-refractivity contribution in [3.05, 3.63) is 47.5 Å². The number of rotatable bonds is 6. The molecule has 5 nitrogen and oxygen atoms in total. The number of aryl methyl sites for hydroxylation is 1. The first-order chi connectivity index (χ1) is 10.6. The molecule has 1 N–H and O–H groups in total. The van der Waals surface area contributed by atoms with Crippen LogP contribution >= 0.6 is 0 Å². The van der Waals surface area contributed by atoms with Gasteiger partial charge in [-0.15, -0.1) is 10.2 Å². The van der Waals surface area contributed by atoms with E-state index in [1.807, 2.05) is 37.3 Å². The van der Waals surface area contributed by atoms with Crippen LogP contribution in [0.2, 0.25) is 0 Å². The Labute approximate surface area is 131 Å². The van der Waals surface area contributed by atoms with E-state index in [-0.39, 0.29) is 5.91 Å². The zero-order valence-corrected chi connectivity index (χ0v) is 13.3. The molecule has 2 rings (SSSR count). The van der Waals surface area contributed by atoms with Crippen LogP contribution in [0.3, 0.4) is 0 Å². The van der Waals surface area contributed by atoms with E-state index >= 15 is 0 Å². The average molecular weight is 298 g/mol. The maximum atomic E-state index is 12.0. The highest BCUT2D eigenvalue weighted by molar-refractivity contribution is 5.91. The number of nitrogens with zero attached hydrogens (tertiary/aromatic N) is 3. The third kappa shape index (κ3) is 4.28. The number of aromatic nitrogens is 2. The van der Waals surface area contributed by atoms with Crippen molar-refractivity contribution >= 4 is 17.5 Å². The summed E-state index contributed by atoms with van der Waals surface area (Å²) in [5, 5.41) is 11.0. The number of anilines is 2. The molecule has 1 amide bonds. The zero-order chi connectivity index (χ0) is 15.9. The second kappa shape index (κ2) is 7.54. The van der Waals surface area contributed by atoms with Crippen molar-refractivity contribution in [2.75, 3.05) is 23.3 Å². The lowest BCUT2D eigenvalue weighted by Crippen LogP contribution is -2.23. The van der Waals surface area contributed by atoms with Crippen LogP contribution < -0.4 is 10.2 Å². The molecule has 0 fully saturated rings. The molecule has 0 saturated carbocycles. The fourth-order valence-corrected chi connectivity index (χ4v) is 2.19. The molecule has 0 atom stereocenters. The third-order valence-electron chi connectivity index (χ3n) is 3.49. The molecular weight excluding hydrogens is 276 g/mol. The summed E-state index contributed by atoms with van der Waals surface area (Å²) in [4.78, 5) is 14.1. The van der Waals surface area contributed by atoms with Crippen LogP contribution in [0.4, 0.5) is 11.6 Å². The first-order valence-corrected chi connectivity index (χ1v) is 7.56. The molecule has 1 aromatic carbocycles. The van der Waals surface area contributed by atoms with Crippen molar-refractivity contribution in [3.8, 4) is 0 Å². The maximum Gasteiger partial charge on any atom is 0.229 e. The molecule has 0 aliphatic heterocycles. The van der Waals surface area contributed by atoms with Gasteiger partial charge in [-0.3, -0.25) is 4.79 Å². The van der Waals surface area contributed by atoms with Crippen molar-refractivity contribution in [3.63, 3.8) is 0 Å². The number of nitrogens with one attached hydrogen (secondary N) is 1. The molecule has 0 unspecified atom stereocenters. The molecule has 1 aromatic heterocycles. The first kappa shape index (κ1) is 15.9. The van der Waals surface area contributed by atoms with Gasteiger partial charge >= 0.3 is 0 Å². The molecule has 5 heteroatoms. The molecule has 0 spiro atoms. The Morgan fingerprint density at radius 2 is 1.73 bits per heavy atom. The van der Waals surface area contributed by atoms with Crippen LogP contribution in [0.25, 0.3) is 0 Å². The van der Waals surface area contributed by atoms with Gasteiger partial charge in [0.25, 0.3) is 0 Å². The topological polar surface area (TPSA) is 58.1 Å². The van der Waals surface area contributed by atoms with Gasteiger partial charge in [0.2, 0.25) is 5.91 Å². The van der Waals surface area contributed by atoms with E-state index in [4.69, 9.17) is 0 Å². The number of hydrogen-bond donors (Lipinski definition) is 1. The lowest BCUT2D eigenvalue weighted by molar-refractivity contribution is -0.115. The predicted molar refractivity (Wildman–Crippen MR) is 89.1 cm³/mol. The largest absolute Gasteiger partial charge is 0.356 e. The van der Waals surface area contributed by atoms with Crippen LogP contribution in [0.15, 0.2) is 36.4 Å². The van der Waals surface area contributed by atoms with Gasteiger partial charge in [-0.25, -0.2) is 0 Å². The molecule has 0 aliphatic carbocycles. The molecule has 2 aromatic rings. The third-order valence-corrected chi connectivity index (χ3v) is 3.49. The van der Waals surface area contributed by atoms with Gasteiger partial charge in [0.15, 0.2) is 11.6 Å². The minimum atomic E-state index is -0.0891. The van der Waals surface area contributed by atoms with Crippen LogP contribution in [-0.2, 0) is 11.2 Å². The second-order valence-electron chi connectivity index (χ2n) is 5.16. The quantitative estimate of drug-likeness (QED) is 0.891. The molecule has 22 heavy (non-hydrogen) atoms. The Morgan fingerprint density at radius 3 is 2.27 bits per heavy atom. The van der Waals surface area contributed by atoms with E-state index in [9.17, 15) is 4.79 Å². The monoisotopic (exact) mass is 298 g/mol. The Bertz CT molecular complexity index is 604. The zero-order valence-electron chi connectivity index (χ0n) is 13.3. The lowest BCUT2D eigenvalue weighted by atomic mass is 10.1. The smallest absolute Gasteiger partial charge is 0.229 e. The molecule has 116 valence electrons. The number of carbonyl (C=O) groups is 1. The second-order valence-corrected chi connectivity index (χ2v) is 5.16. The van der Waals surface area contributed by atoms with Crippen LogP contribution in [-0.4, -0.2) is 29.2 Å². The summed E-state index contributed by atoms with van der Waals surface area (Å²) >= 11 is 0. The number of benzene rings is 1. The van der Waals surface area contributed by atoms with Crippen LogP contribution in [0, 0.1) is 6.92 Å². The standard InChI is InChI=1S/C17H22N4O/c1-4-21(5-2)16-11-10-15(19-20-16)18-17(22)12-14-8-6-13(3)7-9-14/h6-11H,4-5,12H2,1-3H3,(H,18,19,22). The maximum absolute atomic E-state index is 12.0. The first-order valence-electron chi connectivity index (χ1n) is 7.56. The van der Waals surface area contributed by atoms with E-state index in [1.54, 1.807) is 6.07 Å². The predicted octanol–water partition coefficient (Wildman–Crippen LogP) is 2.81. The highest BCUT2D eigenvalue weighted by Gasteiger charge is 2.07. The highest BCUT2D eigenvalue weighted by atomic mass is 16.1. The molecule has 0 aliphatic rings. The van der Waals surface area contributed by atoms with Crippen LogP contribution in [0.5, 0.6) is 0 Å². The van der Waals surface area contributed by atoms with Crippen molar-refractivity contribution in [1.82, 2.24) is 10.2 Å². The minimum Gasteiger partial charge on any atom is -0.356 e. The van der Waals surface area contributed by atoms with E-state index in [0.29, 0.717) is 12.2 Å². The van der Waals surface area contributed by atoms with E-state index in [2.05, 4.69) is 34.3 Å². The molecule has 1 heterocycles. The summed E-state index contributed by atoms with van der Waals surface area (Å²) in [5.74, 6) is 1.21. The Hall–Kier alpha value is -2.43. The van der Waals surface area contributed by atoms with Gasteiger partial charge in [0.05, 0.1) is 6.42 Å². The minimum absolute atomic E-state index is 0.0891. The summed E-state index contributed by atoms with van der Waals surface area (Å²) < 4.78 is 0. The normalized spacial score (nSPS) is 10.3. The van der Waals surface area contributed by atoms with E-state index in [0.717, 1.165) is 24.5 Å². The van der Waals surface area contributed by atoms with Gasteiger partial charge < -0.3 is 10.2 Å². The van der Waals surface area contributed by atoms with Gasteiger partial charge in [0.1, 0.15) is 0 Å². The van der Waals surface area contributed by atoms with E-state index < -0.39 is 0 Å². The number of hydrogen-bond acceptors (Lipinski definition) is 4. The van der Waals surface area contributed by atoms with Crippen molar-refractivity contribution in [2.45, 2.75) is 27.2 Å². The highest BCUT2D eigenvalue weighted by Crippen LogP contribution is 2.11. The average Bonchev–Trinajstić information content (AvgIpc) is 2.52. The van der Waals surface area contributed by atoms with Crippen LogP contribution in [0.1, 0.15) is 25.0 Å². The summed E-state index contributed by atoms with van der Waals surface area (Å²) in [6.45, 7) is 7.93. The molecule has 0 saturated heterocycles. The molecule has 0 radical (unpaired) electrons. The van der Waals surface area contributed by atoms with Crippen molar-refractivity contribution in [1.29, 1.82) is 0 Å². The fourth-order valence-electron chi connectivity index (χ4n) is 2.19. The Kier molecular flexibility index (Phi) is 5.47. The summed E-state index contributed by atoms with van der Waals surface area (Å²) in [6.07, 6.45) is 0.333. The molecular formula is C17H22N4O.